The van der Waals surface area contributed by atoms with Crippen LogP contribution in [0.1, 0.15) is 24.4 Å². The summed E-state index contributed by atoms with van der Waals surface area (Å²) in [6.45, 7) is 3.29. The maximum absolute atomic E-state index is 14.5. The number of aromatic nitrogens is 2. The SMILES string of the molecule is O=S(=O)(c1ccc(N2CCOCC2)cc1)n1nccc1N1CCC[C@@H]1c1cc(F)ccc1F. The minimum atomic E-state index is -3.98. The number of halogens is 2. The zero-order valence-electron chi connectivity index (χ0n) is 17.9. The summed E-state index contributed by atoms with van der Waals surface area (Å²) in [6.07, 6.45) is 2.71. The number of hydrogen-bond donors (Lipinski definition) is 0. The van der Waals surface area contributed by atoms with Gasteiger partial charge in [-0.15, -0.1) is 4.09 Å². The molecule has 0 spiro atoms. The van der Waals surface area contributed by atoms with E-state index >= 15 is 0 Å². The molecule has 33 heavy (non-hydrogen) atoms. The molecule has 0 amide bonds. The van der Waals surface area contributed by atoms with Crippen LogP contribution in [0.2, 0.25) is 0 Å². The molecule has 7 nitrogen and oxygen atoms in total. The summed E-state index contributed by atoms with van der Waals surface area (Å²) in [7, 11) is -3.98. The van der Waals surface area contributed by atoms with E-state index in [1.807, 2.05) is 0 Å². The molecule has 0 N–H and O–H groups in total. The van der Waals surface area contributed by atoms with Crippen molar-refractivity contribution in [2.24, 2.45) is 0 Å². The highest BCUT2D eigenvalue weighted by Crippen LogP contribution is 2.38. The molecule has 3 aromatic rings. The largest absolute Gasteiger partial charge is 0.378 e. The molecule has 2 aliphatic rings. The van der Waals surface area contributed by atoms with Gasteiger partial charge in [0, 0.05) is 37.0 Å². The van der Waals surface area contributed by atoms with Crippen LogP contribution in [0.4, 0.5) is 20.3 Å². The third-order valence-electron chi connectivity index (χ3n) is 6.19. The zero-order valence-corrected chi connectivity index (χ0v) is 18.7. The maximum Gasteiger partial charge on any atom is 0.284 e. The van der Waals surface area contributed by atoms with E-state index in [0.29, 0.717) is 32.0 Å². The number of nitrogens with zero attached hydrogens (tertiary/aromatic N) is 4. The van der Waals surface area contributed by atoms with Gasteiger partial charge in [0.05, 0.1) is 30.3 Å². The molecule has 10 heteroatoms. The molecule has 5 rings (SSSR count). The van der Waals surface area contributed by atoms with Gasteiger partial charge in [0.2, 0.25) is 0 Å². The number of hydrogen-bond acceptors (Lipinski definition) is 6. The number of morpholine rings is 1. The molecule has 2 aliphatic heterocycles. The summed E-state index contributed by atoms with van der Waals surface area (Å²) in [4.78, 5) is 4.03. The van der Waals surface area contributed by atoms with E-state index in [-0.39, 0.29) is 10.5 Å². The maximum atomic E-state index is 14.5. The predicted molar refractivity (Wildman–Crippen MR) is 120 cm³/mol. The quantitative estimate of drug-likeness (QED) is 0.563. The second-order valence-corrected chi connectivity index (χ2v) is 9.92. The van der Waals surface area contributed by atoms with Crippen molar-refractivity contribution in [1.82, 2.24) is 9.19 Å². The van der Waals surface area contributed by atoms with Crippen LogP contribution < -0.4 is 9.80 Å². The molecule has 0 unspecified atom stereocenters. The first-order chi connectivity index (χ1) is 15.9. The number of benzene rings is 2. The summed E-state index contributed by atoms with van der Waals surface area (Å²) >= 11 is 0. The Morgan fingerprint density at radius 2 is 1.73 bits per heavy atom. The Morgan fingerprint density at radius 3 is 2.48 bits per heavy atom. The lowest BCUT2D eigenvalue weighted by molar-refractivity contribution is 0.122. The van der Waals surface area contributed by atoms with E-state index in [9.17, 15) is 17.2 Å². The van der Waals surface area contributed by atoms with Crippen molar-refractivity contribution in [1.29, 1.82) is 0 Å². The highest BCUT2D eigenvalue weighted by molar-refractivity contribution is 7.90. The average Bonchev–Trinajstić information content (AvgIpc) is 3.51. The molecule has 2 fully saturated rings. The predicted octanol–water partition coefficient (Wildman–Crippen LogP) is 3.58. The zero-order chi connectivity index (χ0) is 23.0. The van der Waals surface area contributed by atoms with Crippen molar-refractivity contribution in [3.05, 3.63) is 71.9 Å². The highest BCUT2D eigenvalue weighted by atomic mass is 32.2. The van der Waals surface area contributed by atoms with Crippen LogP contribution in [0.5, 0.6) is 0 Å². The second kappa shape index (κ2) is 8.75. The lowest BCUT2D eigenvalue weighted by atomic mass is 10.0. The molecule has 1 aromatic heterocycles. The van der Waals surface area contributed by atoms with Crippen molar-refractivity contribution < 1.29 is 21.9 Å². The highest BCUT2D eigenvalue weighted by Gasteiger charge is 2.33. The van der Waals surface area contributed by atoms with E-state index in [4.69, 9.17) is 4.74 Å². The van der Waals surface area contributed by atoms with Gasteiger partial charge < -0.3 is 14.5 Å². The fourth-order valence-electron chi connectivity index (χ4n) is 4.56. The molecule has 0 aliphatic carbocycles. The van der Waals surface area contributed by atoms with Crippen LogP contribution in [0.15, 0.2) is 59.6 Å². The van der Waals surface area contributed by atoms with Crippen LogP contribution in [-0.2, 0) is 14.8 Å². The minimum Gasteiger partial charge on any atom is -0.378 e. The van der Waals surface area contributed by atoms with Gasteiger partial charge in [0.1, 0.15) is 17.5 Å². The second-order valence-electron chi connectivity index (χ2n) is 8.15. The van der Waals surface area contributed by atoms with Crippen LogP contribution >= 0.6 is 0 Å². The third kappa shape index (κ3) is 4.08. The van der Waals surface area contributed by atoms with E-state index < -0.39 is 27.7 Å². The lowest BCUT2D eigenvalue weighted by Crippen LogP contribution is -2.36. The first-order valence-corrected chi connectivity index (χ1v) is 12.3. The summed E-state index contributed by atoms with van der Waals surface area (Å²) in [6, 6.07) is 11.2. The van der Waals surface area contributed by atoms with Crippen LogP contribution in [0.25, 0.3) is 0 Å². The molecule has 2 aromatic carbocycles. The minimum absolute atomic E-state index is 0.108. The molecule has 174 valence electrons. The van der Waals surface area contributed by atoms with E-state index in [2.05, 4.69) is 10.00 Å². The average molecular weight is 475 g/mol. The van der Waals surface area contributed by atoms with E-state index in [1.54, 1.807) is 35.2 Å². The monoisotopic (exact) mass is 474 g/mol. The summed E-state index contributed by atoms with van der Waals surface area (Å²) in [5.74, 6) is -0.709. The van der Waals surface area contributed by atoms with Gasteiger partial charge in [-0.3, -0.25) is 0 Å². The van der Waals surface area contributed by atoms with Crippen molar-refractivity contribution in [3.8, 4) is 0 Å². The summed E-state index contributed by atoms with van der Waals surface area (Å²) < 4.78 is 61.5. The smallest absolute Gasteiger partial charge is 0.284 e. The van der Waals surface area contributed by atoms with Gasteiger partial charge in [-0.2, -0.15) is 13.5 Å². The van der Waals surface area contributed by atoms with Gasteiger partial charge >= 0.3 is 0 Å². The lowest BCUT2D eigenvalue weighted by Gasteiger charge is -2.29. The van der Waals surface area contributed by atoms with Gasteiger partial charge in [0.15, 0.2) is 0 Å². The molecule has 0 radical (unpaired) electrons. The summed E-state index contributed by atoms with van der Waals surface area (Å²) in [5, 5.41) is 4.08. The topological polar surface area (TPSA) is 67.7 Å². The Kier molecular flexibility index (Phi) is 5.79. The molecule has 0 bridgehead atoms. The van der Waals surface area contributed by atoms with Crippen LogP contribution in [-0.4, -0.2) is 50.5 Å². The van der Waals surface area contributed by atoms with Crippen molar-refractivity contribution in [2.75, 3.05) is 42.6 Å². The van der Waals surface area contributed by atoms with Crippen molar-refractivity contribution in [3.63, 3.8) is 0 Å². The Morgan fingerprint density at radius 1 is 0.970 bits per heavy atom. The Balaban J connectivity index is 1.45. The number of rotatable bonds is 5. The molecular formula is C23H24F2N4O3S. The fourth-order valence-corrected chi connectivity index (χ4v) is 5.83. The molecule has 3 heterocycles. The number of anilines is 2. The number of ether oxygens (including phenoxy) is 1. The first kappa shape index (κ1) is 21.8. The normalized spacial score (nSPS) is 19.3. The van der Waals surface area contributed by atoms with Gasteiger partial charge in [-0.05, 0) is 55.3 Å². The summed E-state index contributed by atoms with van der Waals surface area (Å²) in [5.41, 5.74) is 1.15. The van der Waals surface area contributed by atoms with Gasteiger partial charge in [-0.1, -0.05) is 0 Å². The van der Waals surface area contributed by atoms with Crippen LogP contribution in [0, 0.1) is 11.6 Å². The van der Waals surface area contributed by atoms with Gasteiger partial charge in [0.25, 0.3) is 10.0 Å². The van der Waals surface area contributed by atoms with Crippen molar-refractivity contribution >= 4 is 21.5 Å². The van der Waals surface area contributed by atoms with E-state index in [0.717, 1.165) is 41.4 Å². The Hall–Kier alpha value is -2.98. The molecule has 2 saturated heterocycles. The molecule has 1 atom stereocenters. The van der Waals surface area contributed by atoms with Gasteiger partial charge in [-0.25, -0.2) is 8.78 Å². The van der Waals surface area contributed by atoms with E-state index in [1.165, 1.54) is 12.3 Å². The standard InChI is InChI=1S/C23H24F2N4O3S/c24-17-3-8-21(25)20(16-17)22-2-1-11-28(22)23-9-10-26-29(23)33(30,31)19-6-4-18(5-7-19)27-12-14-32-15-13-27/h3-10,16,22H,1-2,11-15H2/t22-/m1/s1. The molecule has 0 saturated carbocycles. The third-order valence-corrected chi connectivity index (χ3v) is 7.80. The van der Waals surface area contributed by atoms with Crippen molar-refractivity contribution in [2.45, 2.75) is 23.8 Å². The Labute approximate surface area is 191 Å². The molecular weight excluding hydrogens is 450 g/mol. The van der Waals surface area contributed by atoms with Crippen LogP contribution in [0.3, 0.4) is 0 Å². The Bertz CT molecular complexity index is 1240. The fraction of sp³-hybridized carbons (Fsp3) is 0.348. The first-order valence-electron chi connectivity index (χ1n) is 10.9.